The van der Waals surface area contributed by atoms with E-state index in [0.717, 1.165) is 52.0 Å². The van der Waals surface area contributed by atoms with Gasteiger partial charge in [-0.2, -0.15) is 0 Å². The third kappa shape index (κ3) is 4.53. The van der Waals surface area contributed by atoms with Crippen LogP contribution in [0.5, 0.6) is 0 Å². The first-order valence-electron chi connectivity index (χ1n) is 11.8. The van der Waals surface area contributed by atoms with Crippen molar-refractivity contribution in [3.05, 3.63) is 70.5 Å². The van der Waals surface area contributed by atoms with E-state index in [0.29, 0.717) is 11.6 Å². The molecule has 0 amide bonds. The topological polar surface area (TPSA) is 74.1 Å². The van der Waals surface area contributed by atoms with Crippen LogP contribution in [0.3, 0.4) is 0 Å². The van der Waals surface area contributed by atoms with Crippen LogP contribution in [-0.4, -0.2) is 72.3 Å². The molecule has 2 aliphatic rings. The quantitative estimate of drug-likeness (QED) is 0.618. The molecule has 8 nitrogen and oxygen atoms in total. The zero-order chi connectivity index (χ0) is 23.7. The predicted molar refractivity (Wildman–Crippen MR) is 131 cm³/mol. The Hall–Kier alpha value is -3.30. The molecule has 3 aromatic rings. The number of hydrogen-bond donors (Lipinski definition) is 1. The SMILES string of the molecule is CN1CCN(c2ccc([C@H]3CN(c4nc(-c5ccncc5F)cc(=O)n4C)CC[NH2+]3)cc2)CC1. The van der Waals surface area contributed by atoms with E-state index in [2.05, 4.69) is 56.3 Å². The number of pyridine rings is 1. The predicted octanol–water partition coefficient (Wildman–Crippen LogP) is 0.858. The molecule has 1 aromatic carbocycles. The lowest BCUT2D eigenvalue weighted by atomic mass is 10.0. The van der Waals surface area contributed by atoms with Crippen molar-refractivity contribution >= 4 is 11.6 Å². The van der Waals surface area contributed by atoms with Crippen molar-refractivity contribution in [3.8, 4) is 11.3 Å². The van der Waals surface area contributed by atoms with Gasteiger partial charge in [0, 0.05) is 62.3 Å². The molecule has 1 atom stereocenters. The van der Waals surface area contributed by atoms with Crippen molar-refractivity contribution in [2.75, 3.05) is 62.7 Å². The van der Waals surface area contributed by atoms with Crippen LogP contribution in [0.25, 0.3) is 11.3 Å². The highest BCUT2D eigenvalue weighted by Gasteiger charge is 2.27. The van der Waals surface area contributed by atoms with E-state index in [1.54, 1.807) is 17.7 Å². The molecular formula is C25H31FN7O+. The molecule has 34 heavy (non-hydrogen) atoms. The van der Waals surface area contributed by atoms with Crippen molar-refractivity contribution in [1.29, 1.82) is 0 Å². The Balaban J connectivity index is 1.36. The summed E-state index contributed by atoms with van der Waals surface area (Å²) in [6, 6.07) is 12.0. The van der Waals surface area contributed by atoms with Crippen molar-refractivity contribution in [2.24, 2.45) is 7.05 Å². The number of nitrogens with two attached hydrogens (primary N) is 1. The summed E-state index contributed by atoms with van der Waals surface area (Å²) in [6.07, 6.45) is 2.65. The fraction of sp³-hybridized carbons (Fsp3) is 0.400. The summed E-state index contributed by atoms with van der Waals surface area (Å²) < 4.78 is 15.9. The summed E-state index contributed by atoms with van der Waals surface area (Å²) in [5, 5.41) is 2.34. The molecule has 4 heterocycles. The number of anilines is 2. The number of hydrogen-bond acceptors (Lipinski definition) is 6. The maximum Gasteiger partial charge on any atom is 0.255 e. The Labute approximate surface area is 198 Å². The lowest BCUT2D eigenvalue weighted by molar-refractivity contribution is -0.697. The summed E-state index contributed by atoms with van der Waals surface area (Å²) in [5.41, 5.74) is 2.93. The zero-order valence-corrected chi connectivity index (χ0v) is 19.7. The molecule has 0 unspecified atom stereocenters. The molecule has 0 aliphatic carbocycles. The van der Waals surface area contributed by atoms with Gasteiger partial charge in [0.1, 0.15) is 6.04 Å². The summed E-state index contributed by atoms with van der Waals surface area (Å²) in [7, 11) is 3.88. The molecule has 0 saturated carbocycles. The Morgan fingerprint density at radius 1 is 1.00 bits per heavy atom. The highest BCUT2D eigenvalue weighted by Crippen LogP contribution is 2.24. The highest BCUT2D eigenvalue weighted by atomic mass is 19.1. The summed E-state index contributed by atoms with van der Waals surface area (Å²) in [4.78, 5) is 28.1. The summed E-state index contributed by atoms with van der Waals surface area (Å²) in [5.74, 6) is 0.0744. The molecule has 178 valence electrons. The Morgan fingerprint density at radius 3 is 2.50 bits per heavy atom. The van der Waals surface area contributed by atoms with Gasteiger partial charge in [0.2, 0.25) is 5.95 Å². The normalized spacial score (nSPS) is 19.4. The monoisotopic (exact) mass is 464 g/mol. The van der Waals surface area contributed by atoms with Gasteiger partial charge in [-0.1, -0.05) is 12.1 Å². The van der Waals surface area contributed by atoms with Crippen LogP contribution in [0.4, 0.5) is 16.0 Å². The zero-order valence-electron chi connectivity index (χ0n) is 19.7. The van der Waals surface area contributed by atoms with E-state index in [1.165, 1.54) is 23.5 Å². The van der Waals surface area contributed by atoms with E-state index < -0.39 is 5.82 Å². The number of aromatic nitrogens is 3. The number of likely N-dealkylation sites (N-methyl/N-ethyl adjacent to an activating group) is 1. The third-order valence-corrected chi connectivity index (χ3v) is 6.90. The number of nitrogens with zero attached hydrogens (tertiary/aromatic N) is 6. The second-order valence-corrected chi connectivity index (χ2v) is 9.15. The van der Waals surface area contributed by atoms with Gasteiger partial charge in [-0.05, 0) is 25.2 Å². The Bertz CT molecular complexity index is 1200. The highest BCUT2D eigenvalue weighted by molar-refractivity contribution is 5.60. The molecule has 2 N–H and O–H groups in total. The minimum atomic E-state index is -0.487. The van der Waals surface area contributed by atoms with Crippen LogP contribution < -0.4 is 20.7 Å². The first-order chi connectivity index (χ1) is 16.5. The van der Waals surface area contributed by atoms with E-state index in [-0.39, 0.29) is 17.2 Å². The molecule has 2 saturated heterocycles. The summed E-state index contributed by atoms with van der Waals surface area (Å²) in [6.45, 7) is 6.63. The molecule has 0 spiro atoms. The van der Waals surface area contributed by atoms with E-state index in [1.807, 2.05) is 0 Å². The van der Waals surface area contributed by atoms with E-state index in [9.17, 15) is 9.18 Å². The van der Waals surface area contributed by atoms with Gasteiger partial charge in [0.05, 0.1) is 31.5 Å². The van der Waals surface area contributed by atoms with Crippen LogP contribution in [0.15, 0.2) is 53.6 Å². The van der Waals surface area contributed by atoms with Crippen molar-refractivity contribution < 1.29 is 9.71 Å². The molecule has 0 radical (unpaired) electrons. The van der Waals surface area contributed by atoms with Gasteiger partial charge in [0.15, 0.2) is 5.82 Å². The van der Waals surface area contributed by atoms with Gasteiger partial charge in [-0.25, -0.2) is 9.37 Å². The largest absolute Gasteiger partial charge is 0.369 e. The van der Waals surface area contributed by atoms with Crippen LogP contribution in [0.2, 0.25) is 0 Å². The van der Waals surface area contributed by atoms with Gasteiger partial charge < -0.3 is 20.0 Å². The number of piperazine rings is 2. The second-order valence-electron chi connectivity index (χ2n) is 9.15. The minimum absolute atomic E-state index is 0.209. The number of rotatable bonds is 4. The minimum Gasteiger partial charge on any atom is -0.369 e. The van der Waals surface area contributed by atoms with Gasteiger partial charge in [-0.3, -0.25) is 14.3 Å². The standard InChI is InChI=1S/C25H30FN7O/c1-30-11-13-32(14-12-30)19-5-3-18(4-6-19)23-17-33(10-9-28-23)25-29-22(15-24(34)31(25)2)20-7-8-27-16-21(20)26/h3-8,15-16,23,28H,9-14,17H2,1-2H3/p+1/t23-/m1/s1. The van der Waals surface area contributed by atoms with E-state index in [4.69, 9.17) is 4.98 Å². The van der Waals surface area contributed by atoms with E-state index >= 15 is 0 Å². The van der Waals surface area contributed by atoms with Crippen molar-refractivity contribution in [3.63, 3.8) is 0 Å². The van der Waals surface area contributed by atoms with Crippen LogP contribution >= 0.6 is 0 Å². The molecule has 2 aromatic heterocycles. The number of halogens is 1. The third-order valence-electron chi connectivity index (χ3n) is 6.90. The van der Waals surface area contributed by atoms with Crippen LogP contribution in [0, 0.1) is 5.82 Å². The van der Waals surface area contributed by atoms with Crippen molar-refractivity contribution in [2.45, 2.75) is 6.04 Å². The molecule has 2 fully saturated rings. The molecule has 0 bridgehead atoms. The fourth-order valence-corrected chi connectivity index (χ4v) is 4.79. The first-order valence-corrected chi connectivity index (χ1v) is 11.8. The second kappa shape index (κ2) is 9.52. The molecule has 2 aliphatic heterocycles. The van der Waals surface area contributed by atoms with Crippen LogP contribution in [0.1, 0.15) is 11.6 Å². The fourth-order valence-electron chi connectivity index (χ4n) is 4.79. The average Bonchev–Trinajstić information content (AvgIpc) is 2.87. The molecule has 9 heteroatoms. The van der Waals surface area contributed by atoms with Gasteiger partial charge in [0.25, 0.3) is 5.56 Å². The number of benzene rings is 1. The first kappa shape index (κ1) is 22.5. The molecule has 5 rings (SSSR count). The Kier molecular flexibility index (Phi) is 6.30. The van der Waals surface area contributed by atoms with Gasteiger partial charge in [-0.15, -0.1) is 0 Å². The van der Waals surface area contributed by atoms with Crippen molar-refractivity contribution in [1.82, 2.24) is 19.4 Å². The van der Waals surface area contributed by atoms with Crippen LogP contribution in [-0.2, 0) is 7.05 Å². The van der Waals surface area contributed by atoms with Gasteiger partial charge >= 0.3 is 0 Å². The maximum absolute atomic E-state index is 14.3. The smallest absolute Gasteiger partial charge is 0.255 e. The maximum atomic E-state index is 14.3. The number of quaternary nitrogens is 1. The lowest BCUT2D eigenvalue weighted by Gasteiger charge is -2.35. The molecular weight excluding hydrogens is 433 g/mol. The Morgan fingerprint density at radius 2 is 1.76 bits per heavy atom. The lowest BCUT2D eigenvalue weighted by Crippen LogP contribution is -2.90. The summed E-state index contributed by atoms with van der Waals surface area (Å²) >= 11 is 0. The average molecular weight is 465 g/mol.